The Morgan fingerprint density at radius 1 is 0.969 bits per heavy atom. The van der Waals surface area contributed by atoms with E-state index in [1.54, 1.807) is 11.5 Å². The molecule has 170 valence electrons. The minimum absolute atomic E-state index is 0.00808. The molecule has 1 aromatic carbocycles. The molecule has 0 atom stereocenters. The summed E-state index contributed by atoms with van der Waals surface area (Å²) in [4.78, 5) is 28.9. The molecule has 2 N–H and O–H groups in total. The number of hydrogen-bond acceptors (Lipinski definition) is 5. The summed E-state index contributed by atoms with van der Waals surface area (Å²) in [5.74, 6) is 1.39. The number of methoxy groups -OCH3 is 1. The highest BCUT2D eigenvalue weighted by Gasteiger charge is 2.15. The first-order valence-electron chi connectivity index (χ1n) is 10.8. The summed E-state index contributed by atoms with van der Waals surface area (Å²) < 4.78 is 12.5. The van der Waals surface area contributed by atoms with Crippen LogP contribution in [-0.2, 0) is 4.79 Å². The number of ether oxygens (including phenoxy) is 2. The van der Waals surface area contributed by atoms with Crippen LogP contribution in [-0.4, -0.2) is 48.0 Å². The van der Waals surface area contributed by atoms with Gasteiger partial charge in [0.15, 0.2) is 0 Å². The maximum Gasteiger partial charge on any atom is 0.270 e. The predicted octanol–water partition coefficient (Wildman–Crippen LogP) is 3.14. The zero-order valence-corrected chi connectivity index (χ0v) is 18.6. The third kappa shape index (κ3) is 6.47. The van der Waals surface area contributed by atoms with E-state index in [1.165, 1.54) is 0 Å². The molecule has 0 bridgehead atoms. The van der Waals surface area contributed by atoms with Crippen LogP contribution in [0.25, 0.3) is 5.65 Å². The van der Waals surface area contributed by atoms with E-state index in [4.69, 9.17) is 9.47 Å². The van der Waals surface area contributed by atoms with Gasteiger partial charge in [-0.2, -0.15) is 0 Å². The number of hydrogen-bond donors (Lipinski definition) is 2. The minimum atomic E-state index is -0.129. The van der Waals surface area contributed by atoms with Crippen LogP contribution in [0.3, 0.4) is 0 Å². The molecule has 0 aliphatic carbocycles. The first-order chi connectivity index (χ1) is 15.6. The molecule has 2 heterocycles. The number of unbranched alkanes of at least 4 members (excludes halogenated alkanes) is 2. The lowest BCUT2D eigenvalue weighted by molar-refractivity contribution is -0.121. The van der Waals surface area contributed by atoms with E-state index in [0.717, 1.165) is 36.4 Å². The van der Waals surface area contributed by atoms with E-state index in [0.29, 0.717) is 37.5 Å². The third-order valence-corrected chi connectivity index (χ3v) is 5.04. The zero-order valence-electron chi connectivity index (χ0n) is 18.6. The maximum atomic E-state index is 12.5. The molecule has 2 aromatic heterocycles. The summed E-state index contributed by atoms with van der Waals surface area (Å²) in [5.41, 5.74) is 2.04. The second-order valence-corrected chi connectivity index (χ2v) is 7.42. The van der Waals surface area contributed by atoms with Gasteiger partial charge in [-0.3, -0.25) is 14.0 Å². The normalized spacial score (nSPS) is 10.7. The highest BCUT2D eigenvalue weighted by molar-refractivity contribution is 5.94. The van der Waals surface area contributed by atoms with Crippen molar-refractivity contribution >= 4 is 17.5 Å². The molecule has 32 heavy (non-hydrogen) atoms. The number of aromatic nitrogens is 2. The fraction of sp³-hybridized carbons (Fsp3) is 0.375. The van der Waals surface area contributed by atoms with E-state index < -0.39 is 0 Å². The third-order valence-electron chi connectivity index (χ3n) is 5.04. The van der Waals surface area contributed by atoms with Crippen molar-refractivity contribution < 1.29 is 19.1 Å². The molecule has 0 unspecified atom stereocenters. The Bertz CT molecular complexity index is 1030. The van der Waals surface area contributed by atoms with E-state index in [9.17, 15) is 9.59 Å². The number of rotatable bonds is 12. The highest BCUT2D eigenvalue weighted by atomic mass is 16.5. The van der Waals surface area contributed by atoms with Gasteiger partial charge in [0, 0.05) is 19.2 Å². The SMILES string of the molecule is COc1ccc(OCCNC(=O)CCCCCNC(=O)c2c(C)nc3ccccn23)cc1. The molecule has 0 aliphatic rings. The molecule has 0 radical (unpaired) electrons. The number of pyridine rings is 1. The zero-order chi connectivity index (χ0) is 22.8. The van der Waals surface area contributed by atoms with Crippen LogP contribution in [0.1, 0.15) is 41.9 Å². The molecule has 8 heteroatoms. The van der Waals surface area contributed by atoms with E-state index in [1.807, 2.05) is 55.6 Å². The molecule has 0 fully saturated rings. The van der Waals surface area contributed by atoms with Crippen molar-refractivity contribution in [2.45, 2.75) is 32.6 Å². The first-order valence-corrected chi connectivity index (χ1v) is 10.8. The van der Waals surface area contributed by atoms with Crippen molar-refractivity contribution in [3.05, 3.63) is 60.0 Å². The Kier molecular flexibility index (Phi) is 8.48. The van der Waals surface area contributed by atoms with Gasteiger partial charge in [0.2, 0.25) is 5.91 Å². The van der Waals surface area contributed by atoms with E-state index in [2.05, 4.69) is 15.6 Å². The van der Waals surface area contributed by atoms with Crippen molar-refractivity contribution in [1.29, 1.82) is 0 Å². The van der Waals surface area contributed by atoms with Crippen LogP contribution in [0.5, 0.6) is 11.5 Å². The summed E-state index contributed by atoms with van der Waals surface area (Å²) >= 11 is 0. The van der Waals surface area contributed by atoms with Crippen molar-refractivity contribution in [2.24, 2.45) is 0 Å². The summed E-state index contributed by atoms with van der Waals surface area (Å²) in [7, 11) is 1.62. The van der Waals surface area contributed by atoms with Crippen LogP contribution in [0.2, 0.25) is 0 Å². The number of nitrogens with zero attached hydrogens (tertiary/aromatic N) is 2. The van der Waals surface area contributed by atoms with Gasteiger partial charge in [-0.1, -0.05) is 12.5 Å². The van der Waals surface area contributed by atoms with Crippen LogP contribution < -0.4 is 20.1 Å². The van der Waals surface area contributed by atoms with Gasteiger partial charge < -0.3 is 20.1 Å². The highest BCUT2D eigenvalue weighted by Crippen LogP contribution is 2.16. The smallest absolute Gasteiger partial charge is 0.270 e. The Labute approximate surface area is 187 Å². The monoisotopic (exact) mass is 438 g/mol. The Morgan fingerprint density at radius 3 is 2.53 bits per heavy atom. The minimum Gasteiger partial charge on any atom is -0.497 e. The molecule has 8 nitrogen and oxygen atoms in total. The molecule has 2 amide bonds. The number of aryl methyl sites for hydroxylation is 1. The lowest BCUT2D eigenvalue weighted by Gasteiger charge is -2.09. The second kappa shape index (κ2) is 11.7. The van der Waals surface area contributed by atoms with Gasteiger partial charge in [0.05, 0.1) is 19.3 Å². The van der Waals surface area contributed by atoms with Crippen molar-refractivity contribution in [3.63, 3.8) is 0 Å². The van der Waals surface area contributed by atoms with Gasteiger partial charge in [-0.25, -0.2) is 4.98 Å². The predicted molar refractivity (Wildman–Crippen MR) is 122 cm³/mol. The topological polar surface area (TPSA) is 94.0 Å². The molecule has 3 aromatic rings. The number of carbonyl (C=O) groups excluding carboxylic acids is 2. The molecule has 3 rings (SSSR count). The van der Waals surface area contributed by atoms with Crippen LogP contribution in [0, 0.1) is 6.92 Å². The number of amides is 2. The fourth-order valence-corrected chi connectivity index (χ4v) is 3.38. The van der Waals surface area contributed by atoms with Gasteiger partial charge in [-0.05, 0) is 56.2 Å². The average molecular weight is 439 g/mol. The lowest BCUT2D eigenvalue weighted by atomic mass is 10.2. The van der Waals surface area contributed by atoms with Crippen LogP contribution in [0.4, 0.5) is 0 Å². The van der Waals surface area contributed by atoms with Gasteiger partial charge in [0.1, 0.15) is 29.4 Å². The Morgan fingerprint density at radius 2 is 1.75 bits per heavy atom. The van der Waals surface area contributed by atoms with Gasteiger partial charge in [0.25, 0.3) is 5.91 Å². The second-order valence-electron chi connectivity index (χ2n) is 7.42. The molecule has 0 aliphatic heterocycles. The van der Waals surface area contributed by atoms with Gasteiger partial charge in [-0.15, -0.1) is 0 Å². The Balaban J connectivity index is 1.25. The van der Waals surface area contributed by atoms with E-state index >= 15 is 0 Å². The van der Waals surface area contributed by atoms with Crippen LogP contribution in [0.15, 0.2) is 48.7 Å². The average Bonchev–Trinajstić information content (AvgIpc) is 3.15. The van der Waals surface area contributed by atoms with E-state index in [-0.39, 0.29) is 11.8 Å². The van der Waals surface area contributed by atoms with Gasteiger partial charge >= 0.3 is 0 Å². The lowest BCUT2D eigenvalue weighted by Crippen LogP contribution is -2.28. The maximum absolute atomic E-state index is 12.5. The standard InChI is InChI=1S/C24H30N4O4/c1-18-23(28-16-7-5-8-21(28)27-18)24(30)26-14-6-3-4-9-22(29)25-15-17-32-20-12-10-19(31-2)11-13-20/h5,7-8,10-13,16H,3-4,6,9,14-15,17H2,1-2H3,(H,25,29)(H,26,30). The first kappa shape index (κ1) is 23.1. The number of carbonyl (C=O) groups is 2. The molecular formula is C24H30N4O4. The summed E-state index contributed by atoms with van der Waals surface area (Å²) in [6.07, 6.45) is 4.75. The summed E-state index contributed by atoms with van der Waals surface area (Å²) in [6.45, 7) is 3.27. The number of imidazole rings is 1. The molecule has 0 spiro atoms. The number of benzene rings is 1. The summed E-state index contributed by atoms with van der Waals surface area (Å²) in [5, 5.41) is 5.80. The number of fused-ring (bicyclic) bond motifs is 1. The van der Waals surface area contributed by atoms with Crippen molar-refractivity contribution in [3.8, 4) is 11.5 Å². The molecule has 0 saturated heterocycles. The van der Waals surface area contributed by atoms with Crippen molar-refractivity contribution in [2.75, 3.05) is 26.8 Å². The van der Waals surface area contributed by atoms with Crippen molar-refractivity contribution in [1.82, 2.24) is 20.0 Å². The molecule has 0 saturated carbocycles. The fourth-order valence-electron chi connectivity index (χ4n) is 3.38. The molecular weight excluding hydrogens is 408 g/mol. The van der Waals surface area contributed by atoms with Crippen LogP contribution >= 0.6 is 0 Å². The Hall–Kier alpha value is -3.55. The largest absolute Gasteiger partial charge is 0.497 e. The quantitative estimate of drug-likeness (QED) is 0.424. The summed E-state index contributed by atoms with van der Waals surface area (Å²) in [6, 6.07) is 13.0. The number of nitrogens with one attached hydrogen (secondary N) is 2.